The third kappa shape index (κ3) is 2.74. The third-order valence-electron chi connectivity index (χ3n) is 4.29. The van der Waals surface area contributed by atoms with Gasteiger partial charge in [-0.25, -0.2) is 4.98 Å². The highest BCUT2D eigenvalue weighted by Gasteiger charge is 2.30. The minimum atomic E-state index is 0.0870. The van der Waals surface area contributed by atoms with Crippen LogP contribution in [-0.4, -0.2) is 57.3 Å². The molecule has 3 rings (SSSR count). The second-order valence-electron chi connectivity index (χ2n) is 5.61. The molecule has 2 aromatic rings. The number of hydrogen-bond acceptors (Lipinski definition) is 4. The van der Waals surface area contributed by atoms with Crippen molar-refractivity contribution in [3.05, 3.63) is 47.8 Å². The standard InChI is InChI=1S/C16H21N5O/c1-3-12-10-17-5-4-13(12)16(22)21-9-8-20(2)14(11-21)15-18-6-7-19-15/h4-7,10,14H,3,8-9,11H2,1-2H3,(H,18,19)/t14-/m0/s1. The second kappa shape index (κ2) is 6.27. The fourth-order valence-electron chi connectivity index (χ4n) is 2.90. The lowest BCUT2D eigenvalue weighted by Crippen LogP contribution is -2.49. The molecule has 1 N–H and O–H groups in total. The summed E-state index contributed by atoms with van der Waals surface area (Å²) in [6.07, 6.45) is 7.86. The number of carbonyl (C=O) groups excluding carboxylic acids is 1. The molecule has 0 radical (unpaired) electrons. The molecular weight excluding hydrogens is 278 g/mol. The summed E-state index contributed by atoms with van der Waals surface area (Å²) in [6, 6.07) is 1.93. The number of aromatic amines is 1. The second-order valence-corrected chi connectivity index (χ2v) is 5.61. The number of H-pyrrole nitrogens is 1. The van der Waals surface area contributed by atoms with Crippen LogP contribution in [0, 0.1) is 0 Å². The summed E-state index contributed by atoms with van der Waals surface area (Å²) < 4.78 is 0. The highest BCUT2D eigenvalue weighted by atomic mass is 16.2. The number of nitrogens with one attached hydrogen (secondary N) is 1. The van der Waals surface area contributed by atoms with Crippen LogP contribution in [0.1, 0.15) is 34.7 Å². The minimum Gasteiger partial charge on any atom is -0.347 e. The number of imidazole rings is 1. The predicted octanol–water partition coefficient (Wildman–Crippen LogP) is 1.50. The number of nitrogens with zero attached hydrogens (tertiary/aromatic N) is 4. The molecule has 1 saturated heterocycles. The number of amides is 1. The topological polar surface area (TPSA) is 65.1 Å². The largest absolute Gasteiger partial charge is 0.347 e. The van der Waals surface area contributed by atoms with Crippen LogP contribution >= 0.6 is 0 Å². The predicted molar refractivity (Wildman–Crippen MR) is 83.5 cm³/mol. The Balaban J connectivity index is 1.81. The Kier molecular flexibility index (Phi) is 4.20. The van der Waals surface area contributed by atoms with Crippen molar-refractivity contribution >= 4 is 5.91 Å². The lowest BCUT2D eigenvalue weighted by molar-refractivity contribution is 0.0533. The molecule has 6 heteroatoms. The molecule has 0 spiro atoms. The SMILES string of the molecule is CCc1cnccc1C(=O)N1CCN(C)[C@H](c2ncc[nH]2)C1. The quantitative estimate of drug-likeness (QED) is 0.932. The first-order chi connectivity index (χ1) is 10.7. The van der Waals surface area contributed by atoms with E-state index in [1.54, 1.807) is 18.6 Å². The van der Waals surface area contributed by atoms with Gasteiger partial charge in [0.2, 0.25) is 0 Å². The summed E-state index contributed by atoms with van der Waals surface area (Å²) in [5.41, 5.74) is 1.77. The van der Waals surface area contributed by atoms with Crippen molar-refractivity contribution in [2.24, 2.45) is 0 Å². The minimum absolute atomic E-state index is 0.0870. The molecule has 0 unspecified atom stereocenters. The van der Waals surface area contributed by atoms with Crippen LogP contribution in [-0.2, 0) is 6.42 Å². The van der Waals surface area contributed by atoms with E-state index in [2.05, 4.69) is 26.9 Å². The van der Waals surface area contributed by atoms with Gasteiger partial charge >= 0.3 is 0 Å². The zero-order valence-corrected chi connectivity index (χ0v) is 13.0. The molecule has 2 aromatic heterocycles. The maximum Gasteiger partial charge on any atom is 0.254 e. The van der Waals surface area contributed by atoms with Crippen molar-refractivity contribution in [2.45, 2.75) is 19.4 Å². The molecule has 1 amide bonds. The molecule has 22 heavy (non-hydrogen) atoms. The Labute approximate surface area is 130 Å². The molecule has 6 nitrogen and oxygen atoms in total. The zero-order valence-electron chi connectivity index (χ0n) is 13.0. The first kappa shape index (κ1) is 14.7. The van der Waals surface area contributed by atoms with Gasteiger partial charge in [0, 0.05) is 50.0 Å². The summed E-state index contributed by atoms with van der Waals surface area (Å²) in [4.78, 5) is 28.6. The van der Waals surface area contributed by atoms with Crippen molar-refractivity contribution in [1.82, 2.24) is 24.8 Å². The van der Waals surface area contributed by atoms with Crippen LogP contribution in [0.25, 0.3) is 0 Å². The molecule has 3 heterocycles. The average Bonchev–Trinajstić information content (AvgIpc) is 3.09. The molecule has 1 atom stereocenters. The van der Waals surface area contributed by atoms with Crippen molar-refractivity contribution in [3.63, 3.8) is 0 Å². The van der Waals surface area contributed by atoms with Crippen molar-refractivity contribution < 1.29 is 4.79 Å². The Hall–Kier alpha value is -2.21. The van der Waals surface area contributed by atoms with Crippen LogP contribution in [0.15, 0.2) is 30.9 Å². The van der Waals surface area contributed by atoms with Crippen LogP contribution in [0.5, 0.6) is 0 Å². The van der Waals surface area contributed by atoms with Gasteiger partial charge in [-0.2, -0.15) is 0 Å². The van der Waals surface area contributed by atoms with E-state index < -0.39 is 0 Å². The number of piperazine rings is 1. The van der Waals surface area contributed by atoms with Crippen molar-refractivity contribution in [1.29, 1.82) is 0 Å². The van der Waals surface area contributed by atoms with Gasteiger partial charge in [-0.3, -0.25) is 14.7 Å². The average molecular weight is 299 g/mol. The number of pyridine rings is 1. The van der Waals surface area contributed by atoms with Gasteiger partial charge in [-0.1, -0.05) is 6.92 Å². The highest BCUT2D eigenvalue weighted by Crippen LogP contribution is 2.23. The summed E-state index contributed by atoms with van der Waals surface area (Å²) in [5, 5.41) is 0. The van der Waals surface area contributed by atoms with Crippen LogP contribution < -0.4 is 0 Å². The molecule has 0 saturated carbocycles. The van der Waals surface area contributed by atoms with E-state index >= 15 is 0 Å². The van der Waals surface area contributed by atoms with Crippen LogP contribution in [0.2, 0.25) is 0 Å². The highest BCUT2D eigenvalue weighted by molar-refractivity contribution is 5.95. The van der Waals surface area contributed by atoms with E-state index in [9.17, 15) is 4.79 Å². The molecule has 0 bridgehead atoms. The zero-order chi connectivity index (χ0) is 15.5. The number of carbonyl (C=O) groups is 1. The molecular formula is C16H21N5O. The van der Waals surface area contributed by atoms with Gasteiger partial charge < -0.3 is 9.88 Å². The molecule has 116 valence electrons. The third-order valence-corrected chi connectivity index (χ3v) is 4.29. The fraction of sp³-hybridized carbons (Fsp3) is 0.438. The number of likely N-dealkylation sites (N-methyl/N-ethyl adjacent to an activating group) is 1. The smallest absolute Gasteiger partial charge is 0.254 e. The molecule has 1 aliphatic rings. The van der Waals surface area contributed by atoms with Gasteiger partial charge in [0.25, 0.3) is 5.91 Å². The summed E-state index contributed by atoms with van der Waals surface area (Å²) >= 11 is 0. The molecule has 1 aliphatic heterocycles. The van der Waals surface area contributed by atoms with E-state index in [-0.39, 0.29) is 11.9 Å². The van der Waals surface area contributed by atoms with Crippen molar-refractivity contribution in [3.8, 4) is 0 Å². The van der Waals surface area contributed by atoms with Gasteiger partial charge in [0.1, 0.15) is 5.82 Å². The Bertz CT molecular complexity index is 640. The van der Waals surface area contributed by atoms with E-state index in [4.69, 9.17) is 0 Å². The number of aromatic nitrogens is 3. The van der Waals surface area contributed by atoms with Crippen molar-refractivity contribution in [2.75, 3.05) is 26.7 Å². The number of rotatable bonds is 3. The maximum atomic E-state index is 12.9. The summed E-state index contributed by atoms with van der Waals surface area (Å²) in [5.74, 6) is 0.995. The van der Waals surface area contributed by atoms with E-state index in [1.807, 2.05) is 24.1 Å². The molecule has 0 aromatic carbocycles. The van der Waals surface area contributed by atoms with Gasteiger partial charge in [0.05, 0.1) is 6.04 Å². The van der Waals surface area contributed by atoms with Crippen LogP contribution in [0.4, 0.5) is 0 Å². The first-order valence-electron chi connectivity index (χ1n) is 7.62. The van der Waals surface area contributed by atoms with E-state index in [0.717, 1.165) is 36.5 Å². The first-order valence-corrected chi connectivity index (χ1v) is 7.62. The lowest BCUT2D eigenvalue weighted by atomic mass is 10.1. The van der Waals surface area contributed by atoms with E-state index in [1.165, 1.54) is 0 Å². The monoisotopic (exact) mass is 299 g/mol. The number of hydrogen-bond donors (Lipinski definition) is 1. The Morgan fingerprint density at radius 2 is 2.27 bits per heavy atom. The Morgan fingerprint density at radius 1 is 1.41 bits per heavy atom. The molecule has 0 aliphatic carbocycles. The summed E-state index contributed by atoms with van der Waals surface area (Å²) in [7, 11) is 2.07. The molecule has 1 fully saturated rings. The summed E-state index contributed by atoms with van der Waals surface area (Å²) in [6.45, 7) is 4.26. The van der Waals surface area contributed by atoms with Gasteiger partial charge in [-0.05, 0) is 25.1 Å². The normalized spacial score (nSPS) is 19.4. The number of aryl methyl sites for hydroxylation is 1. The van der Waals surface area contributed by atoms with Gasteiger partial charge in [0.15, 0.2) is 0 Å². The maximum absolute atomic E-state index is 12.9. The van der Waals surface area contributed by atoms with Crippen LogP contribution in [0.3, 0.4) is 0 Å². The lowest BCUT2D eigenvalue weighted by Gasteiger charge is -2.38. The van der Waals surface area contributed by atoms with E-state index in [0.29, 0.717) is 6.54 Å². The Morgan fingerprint density at radius 3 is 3.00 bits per heavy atom. The van der Waals surface area contributed by atoms with Gasteiger partial charge in [-0.15, -0.1) is 0 Å². The fourth-order valence-corrected chi connectivity index (χ4v) is 2.90.